The van der Waals surface area contributed by atoms with Gasteiger partial charge in [0.1, 0.15) is 18.1 Å². The van der Waals surface area contributed by atoms with E-state index in [0.717, 1.165) is 23.5 Å². The Morgan fingerprint density at radius 1 is 1.29 bits per heavy atom. The minimum Gasteiger partial charge on any atom is -0.497 e. The number of methoxy groups -OCH3 is 1. The maximum Gasteiger partial charge on any atom is 0.237 e. The molecule has 0 fully saturated rings. The number of aliphatic hydroxyl groups excluding tert-OH is 1. The third-order valence-electron chi connectivity index (χ3n) is 5.72. The van der Waals surface area contributed by atoms with Crippen LogP contribution in [-0.4, -0.2) is 79.5 Å². The zero-order valence-corrected chi connectivity index (χ0v) is 21.1. The van der Waals surface area contributed by atoms with Crippen LogP contribution in [0.25, 0.3) is 0 Å². The van der Waals surface area contributed by atoms with Crippen molar-refractivity contribution in [2.24, 2.45) is 0 Å². The minimum absolute atomic E-state index is 0.0130. The van der Waals surface area contributed by atoms with Crippen LogP contribution in [0.1, 0.15) is 30.3 Å². The topological polar surface area (TPSA) is 71.5 Å². The number of hydrogen-bond donors (Lipinski definition) is 1. The van der Waals surface area contributed by atoms with Gasteiger partial charge in [0.15, 0.2) is 0 Å². The van der Waals surface area contributed by atoms with Crippen molar-refractivity contribution in [3.8, 4) is 11.5 Å². The van der Waals surface area contributed by atoms with Crippen LogP contribution in [0.3, 0.4) is 0 Å². The lowest BCUT2D eigenvalue weighted by molar-refractivity contribution is -0.136. The average molecular weight is 489 g/mol. The Morgan fingerprint density at radius 2 is 2.03 bits per heavy atom. The summed E-state index contributed by atoms with van der Waals surface area (Å²) in [4.78, 5) is 18.6. The molecule has 3 rings (SSSR count). The first-order chi connectivity index (χ1) is 16.4. The predicted octanol–water partition coefficient (Wildman–Crippen LogP) is 3.54. The molecule has 0 saturated heterocycles. The zero-order valence-electron chi connectivity index (χ0n) is 20.3. The number of carbonyl (C=O) groups excluding carboxylic acids is 1. The van der Waals surface area contributed by atoms with Gasteiger partial charge in [0, 0.05) is 24.5 Å². The molecule has 1 aromatic carbocycles. The summed E-state index contributed by atoms with van der Waals surface area (Å²) in [5.41, 5.74) is 1.15. The van der Waals surface area contributed by atoms with Gasteiger partial charge in [-0.3, -0.25) is 9.69 Å². The van der Waals surface area contributed by atoms with Crippen molar-refractivity contribution >= 4 is 17.2 Å². The number of amides is 1. The highest BCUT2D eigenvalue weighted by Gasteiger charge is 2.33. The van der Waals surface area contributed by atoms with Crippen LogP contribution in [-0.2, 0) is 16.0 Å². The van der Waals surface area contributed by atoms with Crippen molar-refractivity contribution in [1.29, 1.82) is 0 Å². The Balaban J connectivity index is 1.67. The first-order valence-electron chi connectivity index (χ1n) is 11.7. The summed E-state index contributed by atoms with van der Waals surface area (Å²) in [6.07, 6.45) is 1.96. The largest absolute Gasteiger partial charge is 0.497 e. The second kappa shape index (κ2) is 12.9. The Labute approximate surface area is 206 Å². The molecule has 7 nitrogen and oxygen atoms in total. The summed E-state index contributed by atoms with van der Waals surface area (Å²) in [6.45, 7) is 9.97. The fourth-order valence-corrected chi connectivity index (χ4v) is 4.97. The molecule has 2 atom stereocenters. The van der Waals surface area contributed by atoms with Gasteiger partial charge in [-0.25, -0.2) is 0 Å². The van der Waals surface area contributed by atoms with Crippen LogP contribution in [0.5, 0.6) is 11.5 Å². The fraction of sp³-hybridized carbons (Fsp3) is 0.500. The Kier molecular flexibility index (Phi) is 9.95. The third-order valence-corrected chi connectivity index (χ3v) is 6.72. The molecule has 0 saturated carbocycles. The summed E-state index contributed by atoms with van der Waals surface area (Å²) in [6, 6.07) is 9.39. The summed E-state index contributed by atoms with van der Waals surface area (Å²) >= 11 is 1.73. The van der Waals surface area contributed by atoms with E-state index in [1.54, 1.807) is 24.5 Å². The number of ether oxygens (including phenoxy) is 3. The van der Waals surface area contributed by atoms with Gasteiger partial charge in [0.05, 0.1) is 38.5 Å². The highest BCUT2D eigenvalue weighted by molar-refractivity contribution is 7.10. The van der Waals surface area contributed by atoms with E-state index in [1.807, 2.05) is 47.9 Å². The van der Waals surface area contributed by atoms with Crippen LogP contribution in [0, 0.1) is 0 Å². The Hall–Kier alpha value is -2.39. The number of rotatable bonds is 13. The van der Waals surface area contributed by atoms with E-state index in [0.29, 0.717) is 26.2 Å². The maximum absolute atomic E-state index is 13.4. The van der Waals surface area contributed by atoms with E-state index in [4.69, 9.17) is 14.2 Å². The molecule has 2 aromatic rings. The standard InChI is InChI=1S/C26H36N2O5S/c1-5-12-27(15-20(29)17-32-19(2)3)16-26(30)28-13-10-25-23(11-14-34-25)24(28)18-33-22-8-6-21(31-4)7-9-22/h5-9,11,14,19-20,24,29H,1,10,12-13,15-18H2,2-4H3. The van der Waals surface area contributed by atoms with Crippen molar-refractivity contribution < 1.29 is 24.1 Å². The lowest BCUT2D eigenvalue weighted by atomic mass is 10.0. The van der Waals surface area contributed by atoms with E-state index in [9.17, 15) is 9.90 Å². The Morgan fingerprint density at radius 3 is 2.71 bits per heavy atom. The van der Waals surface area contributed by atoms with Gasteiger partial charge in [-0.05, 0) is 61.5 Å². The van der Waals surface area contributed by atoms with Crippen molar-refractivity contribution in [2.45, 2.75) is 38.5 Å². The molecule has 2 unspecified atom stereocenters. The first kappa shape index (κ1) is 26.2. The second-order valence-corrected chi connectivity index (χ2v) is 9.66. The summed E-state index contributed by atoms with van der Waals surface area (Å²) < 4.78 is 16.8. The van der Waals surface area contributed by atoms with E-state index >= 15 is 0 Å². The molecule has 2 heterocycles. The van der Waals surface area contributed by atoms with Gasteiger partial charge in [-0.2, -0.15) is 0 Å². The number of thiophene rings is 1. The molecular weight excluding hydrogens is 452 g/mol. The van der Waals surface area contributed by atoms with Gasteiger partial charge in [0.2, 0.25) is 5.91 Å². The lowest BCUT2D eigenvalue weighted by Gasteiger charge is -2.37. The zero-order chi connectivity index (χ0) is 24.5. The van der Waals surface area contributed by atoms with Crippen molar-refractivity contribution in [3.63, 3.8) is 0 Å². The minimum atomic E-state index is -0.672. The van der Waals surface area contributed by atoms with Crippen LogP contribution in [0.4, 0.5) is 0 Å². The number of nitrogens with zero attached hydrogens (tertiary/aromatic N) is 2. The molecule has 1 aromatic heterocycles. The highest BCUT2D eigenvalue weighted by atomic mass is 32.1. The third kappa shape index (κ3) is 7.30. The number of carbonyl (C=O) groups is 1. The van der Waals surface area contributed by atoms with E-state index < -0.39 is 6.10 Å². The number of benzene rings is 1. The van der Waals surface area contributed by atoms with Crippen LogP contribution in [0.15, 0.2) is 48.4 Å². The quantitative estimate of drug-likeness (QED) is 0.435. The monoisotopic (exact) mass is 488 g/mol. The maximum atomic E-state index is 13.4. The van der Waals surface area contributed by atoms with E-state index in [2.05, 4.69) is 18.0 Å². The van der Waals surface area contributed by atoms with Gasteiger partial charge in [-0.15, -0.1) is 17.9 Å². The van der Waals surface area contributed by atoms with Crippen LogP contribution < -0.4 is 9.47 Å². The second-order valence-electron chi connectivity index (χ2n) is 8.66. The SMILES string of the molecule is C=CCN(CC(=O)N1CCc2sccc2C1COc1ccc(OC)cc1)CC(O)COC(C)C. The molecule has 1 N–H and O–H groups in total. The number of fused-ring (bicyclic) bond motifs is 1. The molecule has 1 amide bonds. The predicted molar refractivity (Wildman–Crippen MR) is 135 cm³/mol. The van der Waals surface area contributed by atoms with Crippen LogP contribution in [0.2, 0.25) is 0 Å². The van der Waals surface area contributed by atoms with Crippen molar-refractivity contribution in [2.75, 3.05) is 46.5 Å². The number of aliphatic hydroxyl groups is 1. The first-order valence-corrected chi connectivity index (χ1v) is 12.5. The smallest absolute Gasteiger partial charge is 0.237 e. The average Bonchev–Trinajstić information content (AvgIpc) is 3.30. The van der Waals surface area contributed by atoms with E-state index in [-0.39, 0.29) is 31.2 Å². The lowest BCUT2D eigenvalue weighted by Crippen LogP contribution is -2.48. The molecule has 186 valence electrons. The molecule has 1 aliphatic heterocycles. The van der Waals surface area contributed by atoms with Crippen molar-refractivity contribution in [1.82, 2.24) is 9.80 Å². The summed E-state index contributed by atoms with van der Waals surface area (Å²) in [7, 11) is 1.63. The Bertz CT molecular complexity index is 914. The van der Waals surface area contributed by atoms with Gasteiger partial charge >= 0.3 is 0 Å². The molecule has 34 heavy (non-hydrogen) atoms. The van der Waals surface area contributed by atoms with Gasteiger partial charge in [-0.1, -0.05) is 6.08 Å². The van der Waals surface area contributed by atoms with Crippen LogP contribution >= 0.6 is 11.3 Å². The normalized spacial score (nSPS) is 16.4. The van der Waals surface area contributed by atoms with Gasteiger partial charge < -0.3 is 24.2 Å². The highest BCUT2D eigenvalue weighted by Crippen LogP contribution is 2.34. The van der Waals surface area contributed by atoms with Crippen molar-refractivity contribution in [3.05, 3.63) is 58.8 Å². The molecule has 0 bridgehead atoms. The van der Waals surface area contributed by atoms with E-state index in [1.165, 1.54) is 4.88 Å². The molecule has 1 aliphatic rings. The molecule has 0 spiro atoms. The molecular formula is C26H36N2O5S. The fourth-order valence-electron chi connectivity index (χ4n) is 4.04. The molecule has 0 radical (unpaired) electrons. The summed E-state index contributed by atoms with van der Waals surface area (Å²) in [5.74, 6) is 1.52. The number of hydrogen-bond acceptors (Lipinski definition) is 7. The molecule has 8 heteroatoms. The van der Waals surface area contributed by atoms with Gasteiger partial charge in [0.25, 0.3) is 0 Å². The molecule has 0 aliphatic carbocycles. The summed E-state index contributed by atoms with van der Waals surface area (Å²) in [5, 5.41) is 12.4.